The van der Waals surface area contributed by atoms with Gasteiger partial charge in [0.25, 0.3) is 0 Å². The summed E-state index contributed by atoms with van der Waals surface area (Å²) in [7, 11) is 0. The molecule has 3 nitrogen and oxygen atoms in total. The summed E-state index contributed by atoms with van der Waals surface area (Å²) in [5, 5.41) is 14.7. The summed E-state index contributed by atoms with van der Waals surface area (Å²) >= 11 is 0. The van der Waals surface area contributed by atoms with Gasteiger partial charge >= 0.3 is 12.4 Å². The number of nitrogens with zero attached hydrogens (tertiary/aromatic N) is 3. The predicted octanol–water partition coefficient (Wildman–Crippen LogP) is 16.6. The van der Waals surface area contributed by atoms with Gasteiger partial charge in [0.05, 0.1) is 50.1 Å². The largest absolute Gasteiger partial charge is 0.417 e. The van der Waals surface area contributed by atoms with E-state index >= 15 is 13.2 Å². The number of alkyl halides is 6. The van der Waals surface area contributed by atoms with Gasteiger partial charge in [0.15, 0.2) is 0 Å². The summed E-state index contributed by atoms with van der Waals surface area (Å²) in [4.78, 5) is 0. The number of rotatable bonds is 3. The molecule has 8 rings (SSSR count). The van der Waals surface area contributed by atoms with Crippen LogP contribution in [0.5, 0.6) is 0 Å². The molecule has 0 radical (unpaired) electrons. The Morgan fingerprint density at radius 3 is 1.03 bits per heavy atom. The van der Waals surface area contributed by atoms with E-state index in [1.807, 2.05) is 57.7 Å². The first kappa shape index (κ1) is 44.6. The number of halogens is 6. The van der Waals surface area contributed by atoms with Gasteiger partial charge in [0.2, 0.25) is 0 Å². The topological polar surface area (TPSA) is 33.6 Å². The molecule has 0 aliphatic heterocycles. The number of benzene rings is 6. The molecule has 0 N–H and O–H groups in total. The molecule has 2 heterocycles. The van der Waals surface area contributed by atoms with E-state index in [0.717, 1.165) is 60.9 Å². The lowest BCUT2D eigenvalue weighted by Crippen LogP contribution is -2.13. The third-order valence-electron chi connectivity index (χ3n) is 12.7. The molecule has 64 heavy (non-hydrogen) atoms. The predicted molar refractivity (Wildman–Crippen MR) is 250 cm³/mol. The van der Waals surface area contributed by atoms with E-state index in [-0.39, 0.29) is 44.5 Å². The normalized spacial score (nSPS) is 13.5. The van der Waals surface area contributed by atoms with Crippen molar-refractivity contribution in [3.8, 4) is 28.6 Å². The van der Waals surface area contributed by atoms with Crippen LogP contribution in [0.15, 0.2) is 103 Å². The Kier molecular flexibility index (Phi) is 10.1. The van der Waals surface area contributed by atoms with E-state index in [0.29, 0.717) is 22.8 Å². The van der Waals surface area contributed by atoms with E-state index in [1.165, 1.54) is 0 Å². The lowest BCUT2D eigenvalue weighted by Gasteiger charge is -2.23. The number of fused-ring (bicyclic) bond motifs is 6. The lowest BCUT2D eigenvalue weighted by molar-refractivity contribution is -0.142. The molecule has 330 valence electrons. The van der Waals surface area contributed by atoms with Crippen molar-refractivity contribution < 1.29 is 26.3 Å². The highest BCUT2D eigenvalue weighted by Gasteiger charge is 2.39. The van der Waals surface area contributed by atoms with Crippen LogP contribution in [0.2, 0.25) is 0 Å². The second-order valence-corrected chi connectivity index (χ2v) is 21.4. The minimum absolute atomic E-state index is 0.0151. The second kappa shape index (κ2) is 14.5. The SMILES string of the molecule is CC(C)(C)c1ccc2c(c1)c1cc(C(C)(C)C)ccc1n2-c1cc(-c2ccc(C(F)(F)F)cc2C(F)(F)F)c(-n2c3ccc(C(C)(C)C)cc3c3cc(C(C)(C)C)ccc32)cc1C#N. The summed E-state index contributed by atoms with van der Waals surface area (Å²) in [5.41, 5.74) is 3.58. The van der Waals surface area contributed by atoms with Crippen molar-refractivity contribution in [1.82, 2.24) is 9.13 Å². The van der Waals surface area contributed by atoms with Crippen molar-refractivity contribution in [3.05, 3.63) is 142 Å². The first-order valence-electron chi connectivity index (χ1n) is 21.5. The summed E-state index contributed by atoms with van der Waals surface area (Å²) in [6, 6.07) is 31.7. The Bertz CT molecular complexity index is 3090. The van der Waals surface area contributed by atoms with Crippen molar-refractivity contribution in [2.45, 2.75) is 117 Å². The third-order valence-corrected chi connectivity index (χ3v) is 12.7. The standard InChI is InChI=1S/C55H53F6N3/c1-50(2,3)32-14-19-44-38(24-32)39-25-33(51(4,5)6)15-20-45(39)63(44)48-29-42(37-18-13-36(54(56,57)58)28-43(37)55(59,60)61)49(23-31(48)30-62)64-46-21-16-34(52(7,8)9)26-40(46)41-27-35(53(10,11)12)17-22-47(41)64/h13-29H,1-12H3. The minimum atomic E-state index is -5.18. The monoisotopic (exact) mass is 869 g/mol. The molecule has 0 saturated heterocycles. The zero-order valence-electron chi connectivity index (χ0n) is 38.4. The van der Waals surface area contributed by atoms with Crippen molar-refractivity contribution in [3.63, 3.8) is 0 Å². The fourth-order valence-electron chi connectivity index (χ4n) is 8.87. The van der Waals surface area contributed by atoms with Crippen molar-refractivity contribution in [2.75, 3.05) is 0 Å². The Balaban J connectivity index is 1.57. The third kappa shape index (κ3) is 7.63. The van der Waals surface area contributed by atoms with Gasteiger partial charge in [-0.1, -0.05) is 113 Å². The van der Waals surface area contributed by atoms with Crippen LogP contribution in [0, 0.1) is 11.3 Å². The number of hydrogen-bond donors (Lipinski definition) is 0. The number of nitriles is 1. The summed E-state index contributed by atoms with van der Waals surface area (Å²) in [6.45, 7) is 25.4. The maximum Gasteiger partial charge on any atom is 0.417 e. The molecular formula is C55H53F6N3. The van der Waals surface area contributed by atoms with Crippen molar-refractivity contribution in [2.24, 2.45) is 0 Å². The molecule has 0 spiro atoms. The molecule has 0 amide bonds. The van der Waals surface area contributed by atoms with E-state index in [9.17, 15) is 18.4 Å². The molecular weight excluding hydrogens is 817 g/mol. The summed E-state index contributed by atoms with van der Waals surface area (Å²) in [6.07, 6.45) is -10.2. The van der Waals surface area contributed by atoms with Crippen LogP contribution in [0.3, 0.4) is 0 Å². The maximum atomic E-state index is 15.4. The van der Waals surface area contributed by atoms with E-state index < -0.39 is 29.0 Å². The van der Waals surface area contributed by atoms with Crippen LogP contribution in [0.25, 0.3) is 66.1 Å². The first-order valence-corrected chi connectivity index (χ1v) is 21.5. The van der Waals surface area contributed by atoms with E-state index in [1.54, 1.807) is 12.1 Å². The average molecular weight is 870 g/mol. The van der Waals surface area contributed by atoms with Gasteiger partial charge in [0.1, 0.15) is 6.07 Å². The molecule has 0 unspecified atom stereocenters. The molecule has 0 atom stereocenters. The second-order valence-electron chi connectivity index (χ2n) is 21.4. The molecule has 0 saturated carbocycles. The fourth-order valence-corrected chi connectivity index (χ4v) is 8.87. The first-order chi connectivity index (χ1) is 29.5. The summed E-state index contributed by atoms with van der Waals surface area (Å²) in [5.74, 6) is 0. The van der Waals surface area contributed by atoms with Crippen LogP contribution in [0.4, 0.5) is 26.3 Å². The fraction of sp³-hybridized carbons (Fsp3) is 0.327. The summed E-state index contributed by atoms with van der Waals surface area (Å²) < 4.78 is 92.5. The number of hydrogen-bond acceptors (Lipinski definition) is 1. The molecule has 0 aliphatic rings. The van der Waals surface area contributed by atoms with Gasteiger partial charge < -0.3 is 9.13 Å². The van der Waals surface area contributed by atoms with Gasteiger partial charge in [-0.15, -0.1) is 0 Å². The quantitative estimate of drug-likeness (QED) is 0.163. The Hall–Kier alpha value is -6.01. The van der Waals surface area contributed by atoms with Gasteiger partial charge in [-0.25, -0.2) is 0 Å². The van der Waals surface area contributed by atoms with Crippen LogP contribution in [0.1, 0.15) is 122 Å². The highest BCUT2D eigenvalue weighted by Crippen LogP contribution is 2.47. The molecule has 0 bridgehead atoms. The molecule has 6 aromatic carbocycles. The lowest BCUT2D eigenvalue weighted by atomic mass is 9.85. The molecule has 2 aromatic heterocycles. The van der Waals surface area contributed by atoms with Gasteiger partial charge in [-0.2, -0.15) is 31.6 Å². The minimum Gasteiger partial charge on any atom is -0.309 e. The average Bonchev–Trinajstić information content (AvgIpc) is 3.69. The Morgan fingerprint density at radius 1 is 0.375 bits per heavy atom. The van der Waals surface area contributed by atoms with Crippen LogP contribution in [-0.4, -0.2) is 9.13 Å². The molecule has 0 aliphatic carbocycles. The van der Waals surface area contributed by atoms with Crippen LogP contribution < -0.4 is 0 Å². The smallest absolute Gasteiger partial charge is 0.309 e. The zero-order chi connectivity index (χ0) is 46.9. The Morgan fingerprint density at radius 2 is 0.719 bits per heavy atom. The van der Waals surface area contributed by atoms with Crippen LogP contribution >= 0.6 is 0 Å². The zero-order valence-corrected chi connectivity index (χ0v) is 38.4. The molecule has 8 aromatic rings. The highest BCUT2D eigenvalue weighted by atomic mass is 19.4. The van der Waals surface area contributed by atoms with Crippen molar-refractivity contribution in [1.29, 1.82) is 5.26 Å². The number of aromatic nitrogens is 2. The molecule has 9 heteroatoms. The van der Waals surface area contributed by atoms with Crippen molar-refractivity contribution >= 4 is 43.6 Å². The van der Waals surface area contributed by atoms with Gasteiger partial charge in [-0.05, 0) is 122 Å². The van der Waals surface area contributed by atoms with Gasteiger partial charge in [0, 0.05) is 27.1 Å². The van der Waals surface area contributed by atoms with E-state index in [2.05, 4.69) is 113 Å². The van der Waals surface area contributed by atoms with Crippen LogP contribution in [-0.2, 0) is 34.0 Å². The maximum absolute atomic E-state index is 15.4. The highest BCUT2D eigenvalue weighted by molar-refractivity contribution is 6.12. The molecule has 0 fully saturated rings. The van der Waals surface area contributed by atoms with E-state index in [4.69, 9.17) is 0 Å². The Labute approximate surface area is 370 Å². The van der Waals surface area contributed by atoms with Gasteiger partial charge in [-0.3, -0.25) is 0 Å².